The highest BCUT2D eigenvalue weighted by Gasteiger charge is 2.08. The molecule has 140 valence electrons. The molecule has 0 aliphatic carbocycles. The summed E-state index contributed by atoms with van der Waals surface area (Å²) in [6, 6.07) is 15.3. The molecule has 0 unspecified atom stereocenters. The smallest absolute Gasteiger partial charge is 0.319 e. The van der Waals surface area contributed by atoms with E-state index in [0.29, 0.717) is 12.2 Å². The van der Waals surface area contributed by atoms with Gasteiger partial charge in [0.15, 0.2) is 0 Å². The molecule has 0 aliphatic heterocycles. The number of tetrazole rings is 1. The predicted molar refractivity (Wildman–Crippen MR) is 105 cm³/mol. The number of para-hydroxylation sites is 1. The predicted octanol–water partition coefficient (Wildman–Crippen LogP) is 2.62. The van der Waals surface area contributed by atoms with E-state index in [1.54, 1.807) is 4.68 Å². The number of nitrogens with zero attached hydrogens (tertiary/aromatic N) is 5. The second-order valence-corrected chi connectivity index (χ2v) is 6.05. The summed E-state index contributed by atoms with van der Waals surface area (Å²) in [7, 11) is 0. The Morgan fingerprint density at radius 2 is 1.93 bits per heavy atom. The molecule has 0 saturated heterocycles. The summed E-state index contributed by atoms with van der Waals surface area (Å²) in [4.78, 5) is 14.4. The Morgan fingerprint density at radius 3 is 2.59 bits per heavy atom. The summed E-state index contributed by atoms with van der Waals surface area (Å²) >= 11 is 0. The molecule has 2 aromatic carbocycles. The number of hydrogen-bond acceptors (Lipinski definition) is 5. The summed E-state index contributed by atoms with van der Waals surface area (Å²) < 4.78 is 1.55. The lowest BCUT2D eigenvalue weighted by Gasteiger charge is -2.25. The SMILES string of the molecule is CCN(CCNC(=O)Nc1ccc(-n2cnnn2)cc1)c1ccccc1C. The van der Waals surface area contributed by atoms with Gasteiger partial charge in [0.05, 0.1) is 5.69 Å². The lowest BCUT2D eigenvalue weighted by molar-refractivity contribution is 0.252. The van der Waals surface area contributed by atoms with Crippen LogP contribution in [0.3, 0.4) is 0 Å². The lowest BCUT2D eigenvalue weighted by atomic mass is 10.2. The molecule has 0 saturated carbocycles. The van der Waals surface area contributed by atoms with Crippen LogP contribution in [0.15, 0.2) is 54.9 Å². The maximum atomic E-state index is 12.1. The second kappa shape index (κ2) is 8.79. The van der Waals surface area contributed by atoms with Gasteiger partial charge in [0.25, 0.3) is 0 Å². The van der Waals surface area contributed by atoms with E-state index in [-0.39, 0.29) is 6.03 Å². The highest BCUT2D eigenvalue weighted by molar-refractivity contribution is 5.89. The fraction of sp³-hybridized carbons (Fsp3) is 0.263. The maximum Gasteiger partial charge on any atom is 0.319 e. The highest BCUT2D eigenvalue weighted by atomic mass is 16.2. The number of aromatic nitrogens is 4. The van der Waals surface area contributed by atoms with Gasteiger partial charge in [-0.05, 0) is 60.2 Å². The van der Waals surface area contributed by atoms with Crippen LogP contribution in [0.5, 0.6) is 0 Å². The molecule has 2 N–H and O–H groups in total. The summed E-state index contributed by atoms with van der Waals surface area (Å²) in [5, 5.41) is 16.8. The van der Waals surface area contributed by atoms with Gasteiger partial charge < -0.3 is 15.5 Å². The molecular formula is C19H23N7O. The minimum atomic E-state index is -0.231. The lowest BCUT2D eigenvalue weighted by Crippen LogP contribution is -2.37. The van der Waals surface area contributed by atoms with Crippen LogP contribution in [-0.4, -0.2) is 45.9 Å². The standard InChI is InChI=1S/C19H23N7O/c1-3-25(18-7-5-4-6-15(18)2)13-12-20-19(27)22-16-8-10-17(11-9-16)26-14-21-23-24-26/h4-11,14H,3,12-13H2,1-2H3,(H2,20,22,27). The van der Waals surface area contributed by atoms with Gasteiger partial charge in [-0.25, -0.2) is 9.48 Å². The fourth-order valence-electron chi connectivity index (χ4n) is 2.82. The molecule has 0 radical (unpaired) electrons. The van der Waals surface area contributed by atoms with Gasteiger partial charge in [-0.2, -0.15) is 0 Å². The third-order valence-corrected chi connectivity index (χ3v) is 4.24. The van der Waals surface area contributed by atoms with Gasteiger partial charge in [0.1, 0.15) is 6.33 Å². The Labute approximate surface area is 158 Å². The highest BCUT2D eigenvalue weighted by Crippen LogP contribution is 2.18. The van der Waals surface area contributed by atoms with Crippen molar-refractivity contribution < 1.29 is 4.79 Å². The zero-order valence-electron chi connectivity index (χ0n) is 15.5. The van der Waals surface area contributed by atoms with Crippen molar-refractivity contribution in [2.24, 2.45) is 0 Å². The first-order valence-corrected chi connectivity index (χ1v) is 8.86. The average molecular weight is 365 g/mol. The third-order valence-electron chi connectivity index (χ3n) is 4.24. The van der Waals surface area contributed by atoms with E-state index in [1.807, 2.05) is 36.4 Å². The van der Waals surface area contributed by atoms with Gasteiger partial charge in [-0.1, -0.05) is 18.2 Å². The van der Waals surface area contributed by atoms with Gasteiger partial charge >= 0.3 is 6.03 Å². The maximum absolute atomic E-state index is 12.1. The first-order valence-electron chi connectivity index (χ1n) is 8.86. The van der Waals surface area contributed by atoms with Crippen LogP contribution in [0.2, 0.25) is 0 Å². The molecular weight excluding hydrogens is 342 g/mol. The van der Waals surface area contributed by atoms with Crippen LogP contribution >= 0.6 is 0 Å². The molecule has 0 aliphatic rings. The van der Waals surface area contributed by atoms with Crippen molar-refractivity contribution in [2.75, 3.05) is 29.9 Å². The Balaban J connectivity index is 1.49. The number of rotatable bonds is 7. The minimum Gasteiger partial charge on any atom is -0.370 e. The number of benzene rings is 2. The first-order chi connectivity index (χ1) is 13.2. The van der Waals surface area contributed by atoms with Crippen LogP contribution in [0.4, 0.5) is 16.2 Å². The van der Waals surface area contributed by atoms with Crippen LogP contribution in [-0.2, 0) is 0 Å². The molecule has 27 heavy (non-hydrogen) atoms. The molecule has 1 heterocycles. The van der Waals surface area contributed by atoms with E-state index >= 15 is 0 Å². The number of hydrogen-bond donors (Lipinski definition) is 2. The summed E-state index contributed by atoms with van der Waals surface area (Å²) in [5.74, 6) is 0. The third kappa shape index (κ3) is 4.81. The van der Waals surface area contributed by atoms with Gasteiger partial charge in [-0.3, -0.25) is 0 Å². The van der Waals surface area contributed by atoms with Crippen molar-refractivity contribution in [3.8, 4) is 5.69 Å². The largest absolute Gasteiger partial charge is 0.370 e. The summed E-state index contributed by atoms with van der Waals surface area (Å²) in [6.45, 7) is 6.38. The van der Waals surface area contributed by atoms with E-state index in [9.17, 15) is 4.79 Å². The average Bonchev–Trinajstić information content (AvgIpc) is 3.21. The van der Waals surface area contributed by atoms with Crippen LogP contribution in [0.25, 0.3) is 5.69 Å². The van der Waals surface area contributed by atoms with Gasteiger partial charge in [0.2, 0.25) is 0 Å². The van der Waals surface area contributed by atoms with Crippen molar-refractivity contribution >= 4 is 17.4 Å². The second-order valence-electron chi connectivity index (χ2n) is 6.05. The van der Waals surface area contributed by atoms with Crippen molar-refractivity contribution in [2.45, 2.75) is 13.8 Å². The molecule has 1 aromatic heterocycles. The summed E-state index contributed by atoms with van der Waals surface area (Å²) in [5.41, 5.74) is 3.95. The molecule has 3 rings (SSSR count). The topological polar surface area (TPSA) is 88.0 Å². The molecule has 0 bridgehead atoms. The number of urea groups is 1. The van der Waals surface area contributed by atoms with Crippen LogP contribution < -0.4 is 15.5 Å². The Hall–Kier alpha value is -3.42. The number of carbonyl (C=O) groups excluding carboxylic acids is 1. The minimum absolute atomic E-state index is 0.231. The van der Waals surface area contributed by atoms with Crippen LogP contribution in [0, 0.1) is 6.92 Å². The fourth-order valence-corrected chi connectivity index (χ4v) is 2.82. The van der Waals surface area contributed by atoms with E-state index < -0.39 is 0 Å². The van der Waals surface area contributed by atoms with Gasteiger partial charge in [-0.15, -0.1) is 5.10 Å². The first kappa shape index (κ1) is 18.4. The number of anilines is 2. The van der Waals surface area contributed by atoms with Crippen LogP contribution in [0.1, 0.15) is 12.5 Å². The van der Waals surface area contributed by atoms with Crippen molar-refractivity contribution in [3.63, 3.8) is 0 Å². The monoisotopic (exact) mass is 365 g/mol. The molecule has 3 aromatic rings. The molecule has 8 heteroatoms. The number of amides is 2. The molecule has 8 nitrogen and oxygen atoms in total. The normalized spacial score (nSPS) is 10.4. The van der Waals surface area contributed by atoms with Crippen molar-refractivity contribution in [3.05, 3.63) is 60.4 Å². The van der Waals surface area contributed by atoms with E-state index in [0.717, 1.165) is 18.8 Å². The number of nitrogens with one attached hydrogen (secondary N) is 2. The quantitative estimate of drug-likeness (QED) is 0.672. The van der Waals surface area contributed by atoms with E-state index in [1.165, 1.54) is 17.6 Å². The molecule has 0 fully saturated rings. The van der Waals surface area contributed by atoms with Crippen molar-refractivity contribution in [1.29, 1.82) is 0 Å². The van der Waals surface area contributed by atoms with E-state index in [4.69, 9.17) is 0 Å². The number of aryl methyl sites for hydroxylation is 1. The zero-order valence-corrected chi connectivity index (χ0v) is 15.5. The Bertz CT molecular complexity index is 862. The summed E-state index contributed by atoms with van der Waals surface area (Å²) in [6.07, 6.45) is 1.52. The van der Waals surface area contributed by atoms with Gasteiger partial charge in [0, 0.05) is 31.0 Å². The Morgan fingerprint density at radius 1 is 1.15 bits per heavy atom. The Kier molecular flexibility index (Phi) is 5.98. The van der Waals surface area contributed by atoms with Crippen molar-refractivity contribution in [1.82, 2.24) is 25.5 Å². The number of likely N-dealkylation sites (N-methyl/N-ethyl adjacent to an activating group) is 1. The molecule has 0 spiro atoms. The zero-order chi connectivity index (χ0) is 19.1. The van der Waals surface area contributed by atoms with E-state index in [2.05, 4.69) is 57.0 Å². The number of carbonyl (C=O) groups is 1. The molecule has 2 amide bonds. The molecule has 0 atom stereocenters.